The van der Waals surface area contributed by atoms with E-state index in [0.717, 1.165) is 11.1 Å². The lowest BCUT2D eigenvalue weighted by atomic mass is 10.0. The first kappa shape index (κ1) is 18.2. The van der Waals surface area contributed by atoms with E-state index < -0.39 is 0 Å². The SMILES string of the molecule is CC(C)c1ccc(CNC(=O)c2ccc(-c3ncccc3Cl)cc2)cc1. The molecule has 26 heavy (non-hydrogen) atoms. The summed E-state index contributed by atoms with van der Waals surface area (Å²) >= 11 is 6.17. The molecular weight excluding hydrogens is 344 g/mol. The number of carbonyl (C=O) groups is 1. The van der Waals surface area contributed by atoms with Crippen LogP contribution in [0.5, 0.6) is 0 Å². The Bertz CT molecular complexity index is 887. The fourth-order valence-electron chi connectivity index (χ4n) is 2.68. The van der Waals surface area contributed by atoms with E-state index in [9.17, 15) is 4.79 Å². The monoisotopic (exact) mass is 364 g/mol. The third kappa shape index (κ3) is 4.30. The van der Waals surface area contributed by atoms with Crippen molar-refractivity contribution in [2.24, 2.45) is 0 Å². The fraction of sp³-hybridized carbons (Fsp3) is 0.182. The molecule has 0 fully saturated rings. The van der Waals surface area contributed by atoms with Gasteiger partial charge in [-0.1, -0.05) is 61.8 Å². The lowest BCUT2D eigenvalue weighted by Crippen LogP contribution is -2.22. The van der Waals surface area contributed by atoms with Crippen molar-refractivity contribution >= 4 is 17.5 Å². The average molecular weight is 365 g/mol. The molecular formula is C22H21ClN2O. The second-order valence-corrected chi connectivity index (χ2v) is 6.90. The number of hydrogen-bond acceptors (Lipinski definition) is 2. The van der Waals surface area contributed by atoms with E-state index in [1.807, 2.05) is 12.1 Å². The Balaban J connectivity index is 1.64. The molecule has 2 aromatic carbocycles. The lowest BCUT2D eigenvalue weighted by Gasteiger charge is -2.09. The highest BCUT2D eigenvalue weighted by Gasteiger charge is 2.08. The molecule has 3 rings (SSSR count). The van der Waals surface area contributed by atoms with Gasteiger partial charge in [0.15, 0.2) is 0 Å². The molecule has 0 aliphatic heterocycles. The molecule has 0 saturated heterocycles. The number of rotatable bonds is 5. The highest BCUT2D eigenvalue weighted by atomic mass is 35.5. The van der Waals surface area contributed by atoms with Crippen molar-refractivity contribution in [2.75, 3.05) is 0 Å². The molecule has 4 heteroatoms. The molecule has 0 bridgehead atoms. The molecule has 0 aliphatic carbocycles. The zero-order valence-electron chi connectivity index (χ0n) is 14.9. The molecule has 0 aliphatic rings. The van der Waals surface area contributed by atoms with E-state index in [1.165, 1.54) is 5.56 Å². The predicted molar refractivity (Wildman–Crippen MR) is 106 cm³/mol. The topological polar surface area (TPSA) is 42.0 Å². The minimum Gasteiger partial charge on any atom is -0.348 e. The van der Waals surface area contributed by atoms with Crippen molar-refractivity contribution in [2.45, 2.75) is 26.3 Å². The zero-order valence-corrected chi connectivity index (χ0v) is 15.6. The molecule has 0 saturated carbocycles. The quantitative estimate of drug-likeness (QED) is 0.653. The minimum absolute atomic E-state index is 0.100. The third-order valence-corrected chi connectivity index (χ3v) is 4.58. The van der Waals surface area contributed by atoms with Crippen LogP contribution < -0.4 is 5.32 Å². The van der Waals surface area contributed by atoms with E-state index in [4.69, 9.17) is 11.6 Å². The van der Waals surface area contributed by atoms with Gasteiger partial charge in [0.1, 0.15) is 0 Å². The maximum atomic E-state index is 12.4. The summed E-state index contributed by atoms with van der Waals surface area (Å²) in [5, 5.41) is 3.55. The summed E-state index contributed by atoms with van der Waals surface area (Å²) in [4.78, 5) is 16.6. The maximum Gasteiger partial charge on any atom is 0.251 e. The lowest BCUT2D eigenvalue weighted by molar-refractivity contribution is 0.0951. The number of nitrogens with zero attached hydrogens (tertiary/aromatic N) is 1. The predicted octanol–water partition coefficient (Wildman–Crippen LogP) is 5.46. The summed E-state index contributed by atoms with van der Waals surface area (Å²) in [6, 6.07) is 19.2. The van der Waals surface area contributed by atoms with Gasteiger partial charge in [0.05, 0.1) is 10.7 Å². The maximum absolute atomic E-state index is 12.4. The van der Waals surface area contributed by atoms with Gasteiger partial charge in [-0.05, 0) is 41.3 Å². The normalized spacial score (nSPS) is 10.8. The van der Waals surface area contributed by atoms with Gasteiger partial charge in [-0.15, -0.1) is 0 Å². The molecule has 1 N–H and O–H groups in total. The van der Waals surface area contributed by atoms with Crippen LogP contribution in [0.2, 0.25) is 5.02 Å². The van der Waals surface area contributed by atoms with Gasteiger partial charge >= 0.3 is 0 Å². The highest BCUT2D eigenvalue weighted by Crippen LogP contribution is 2.25. The van der Waals surface area contributed by atoms with Crippen LogP contribution in [-0.2, 0) is 6.54 Å². The van der Waals surface area contributed by atoms with Gasteiger partial charge in [0.25, 0.3) is 5.91 Å². The number of pyridine rings is 1. The van der Waals surface area contributed by atoms with Crippen molar-refractivity contribution in [1.82, 2.24) is 10.3 Å². The Morgan fingerprint density at radius 1 is 1.04 bits per heavy atom. The van der Waals surface area contributed by atoms with Crippen LogP contribution in [0.1, 0.15) is 41.3 Å². The zero-order chi connectivity index (χ0) is 18.5. The van der Waals surface area contributed by atoms with Crippen molar-refractivity contribution < 1.29 is 4.79 Å². The van der Waals surface area contributed by atoms with E-state index in [-0.39, 0.29) is 5.91 Å². The van der Waals surface area contributed by atoms with Crippen LogP contribution in [0.15, 0.2) is 66.9 Å². The number of halogens is 1. The summed E-state index contributed by atoms with van der Waals surface area (Å²) < 4.78 is 0. The number of nitrogens with one attached hydrogen (secondary N) is 1. The second kappa shape index (κ2) is 8.15. The first-order valence-electron chi connectivity index (χ1n) is 8.62. The first-order valence-corrected chi connectivity index (χ1v) is 9.00. The van der Waals surface area contributed by atoms with E-state index in [1.54, 1.807) is 30.5 Å². The van der Waals surface area contributed by atoms with E-state index in [0.29, 0.717) is 28.7 Å². The molecule has 132 valence electrons. The Morgan fingerprint density at radius 2 is 1.73 bits per heavy atom. The number of carbonyl (C=O) groups excluding carboxylic acids is 1. The van der Waals surface area contributed by atoms with Crippen molar-refractivity contribution in [3.05, 3.63) is 88.6 Å². The Hall–Kier alpha value is -2.65. The molecule has 3 aromatic rings. The van der Waals surface area contributed by atoms with Gasteiger partial charge in [0, 0.05) is 23.9 Å². The van der Waals surface area contributed by atoms with Gasteiger partial charge in [-0.2, -0.15) is 0 Å². The van der Waals surface area contributed by atoms with E-state index >= 15 is 0 Å². The molecule has 1 aromatic heterocycles. The Morgan fingerprint density at radius 3 is 2.35 bits per heavy atom. The summed E-state index contributed by atoms with van der Waals surface area (Å²) in [5.41, 5.74) is 4.59. The summed E-state index contributed by atoms with van der Waals surface area (Å²) in [6.07, 6.45) is 1.70. The smallest absolute Gasteiger partial charge is 0.251 e. The van der Waals surface area contributed by atoms with Crippen LogP contribution in [0.4, 0.5) is 0 Å². The number of amides is 1. The van der Waals surface area contributed by atoms with Gasteiger partial charge in [0.2, 0.25) is 0 Å². The highest BCUT2D eigenvalue weighted by molar-refractivity contribution is 6.33. The first-order chi connectivity index (χ1) is 12.5. The van der Waals surface area contributed by atoms with Crippen LogP contribution in [-0.4, -0.2) is 10.9 Å². The van der Waals surface area contributed by atoms with Gasteiger partial charge < -0.3 is 5.32 Å². The standard InChI is InChI=1S/C22H21ClN2O/c1-15(2)17-7-5-16(6-8-17)14-25-22(26)19-11-9-18(10-12-19)21-20(23)4-3-13-24-21/h3-13,15H,14H2,1-2H3,(H,25,26). The third-order valence-electron chi connectivity index (χ3n) is 4.28. The van der Waals surface area contributed by atoms with Gasteiger partial charge in [-0.3, -0.25) is 9.78 Å². The Kier molecular flexibility index (Phi) is 5.69. The Labute approximate surface area is 159 Å². The second-order valence-electron chi connectivity index (χ2n) is 6.49. The molecule has 0 unspecified atom stereocenters. The summed E-state index contributed by atoms with van der Waals surface area (Å²) in [7, 11) is 0. The summed E-state index contributed by atoms with van der Waals surface area (Å²) in [5.74, 6) is 0.404. The summed E-state index contributed by atoms with van der Waals surface area (Å²) in [6.45, 7) is 4.84. The van der Waals surface area contributed by atoms with E-state index in [2.05, 4.69) is 48.4 Å². The number of aromatic nitrogens is 1. The van der Waals surface area contributed by atoms with Crippen molar-refractivity contribution in [3.8, 4) is 11.3 Å². The molecule has 3 nitrogen and oxygen atoms in total. The van der Waals surface area contributed by atoms with Crippen LogP contribution >= 0.6 is 11.6 Å². The van der Waals surface area contributed by atoms with Crippen LogP contribution in [0.3, 0.4) is 0 Å². The molecule has 1 heterocycles. The molecule has 0 atom stereocenters. The largest absolute Gasteiger partial charge is 0.348 e. The fourth-order valence-corrected chi connectivity index (χ4v) is 2.91. The van der Waals surface area contributed by atoms with Crippen molar-refractivity contribution in [3.63, 3.8) is 0 Å². The van der Waals surface area contributed by atoms with Crippen molar-refractivity contribution in [1.29, 1.82) is 0 Å². The molecule has 1 amide bonds. The number of benzene rings is 2. The molecule has 0 radical (unpaired) electrons. The minimum atomic E-state index is -0.100. The van der Waals surface area contributed by atoms with Gasteiger partial charge in [-0.25, -0.2) is 0 Å². The molecule has 0 spiro atoms. The van der Waals surface area contributed by atoms with Crippen LogP contribution in [0.25, 0.3) is 11.3 Å². The average Bonchev–Trinajstić information content (AvgIpc) is 2.67. The number of hydrogen-bond donors (Lipinski definition) is 1. The van der Waals surface area contributed by atoms with Crippen LogP contribution in [0, 0.1) is 0 Å².